The lowest BCUT2D eigenvalue weighted by Crippen LogP contribution is -2.34. The Bertz CT molecular complexity index is 491. The monoisotopic (exact) mass is 230 g/mol. The zero-order valence-electron chi connectivity index (χ0n) is 10.2. The maximum absolute atomic E-state index is 9.43. The van der Waals surface area contributed by atoms with Gasteiger partial charge in [-0.3, -0.25) is 4.98 Å². The second-order valence-corrected chi connectivity index (χ2v) is 4.40. The van der Waals surface area contributed by atoms with E-state index in [-0.39, 0.29) is 12.1 Å². The molecule has 2 N–H and O–H groups in total. The number of aromatic nitrogens is 1. The number of para-hydroxylation sites is 1. The lowest BCUT2D eigenvalue weighted by molar-refractivity contribution is 0.152. The van der Waals surface area contributed by atoms with Crippen molar-refractivity contribution in [3.63, 3.8) is 0 Å². The number of pyridine rings is 1. The molecule has 3 heteroatoms. The Hall–Kier alpha value is -1.45. The van der Waals surface area contributed by atoms with E-state index < -0.39 is 0 Å². The quantitative estimate of drug-likeness (QED) is 0.845. The third-order valence-electron chi connectivity index (χ3n) is 3.05. The molecule has 2 atom stereocenters. The molecule has 0 aliphatic carbocycles. The molecule has 0 spiro atoms. The predicted molar refractivity (Wildman–Crippen MR) is 69.7 cm³/mol. The van der Waals surface area contributed by atoms with E-state index in [1.165, 1.54) is 0 Å². The summed E-state index contributed by atoms with van der Waals surface area (Å²) in [6, 6.07) is 10.2. The van der Waals surface area contributed by atoms with Gasteiger partial charge in [-0.1, -0.05) is 24.3 Å². The number of hydrogen-bond acceptors (Lipinski definition) is 3. The molecular formula is C14H18N2O. The van der Waals surface area contributed by atoms with Crippen LogP contribution in [0.5, 0.6) is 0 Å². The van der Waals surface area contributed by atoms with Crippen LogP contribution in [-0.2, 0) is 6.54 Å². The Kier molecular flexibility index (Phi) is 3.71. The van der Waals surface area contributed by atoms with Crippen molar-refractivity contribution in [2.45, 2.75) is 32.5 Å². The van der Waals surface area contributed by atoms with Gasteiger partial charge in [0.15, 0.2) is 0 Å². The van der Waals surface area contributed by atoms with E-state index in [2.05, 4.69) is 28.5 Å². The minimum absolute atomic E-state index is 0.0777. The molecular weight excluding hydrogens is 212 g/mol. The van der Waals surface area contributed by atoms with E-state index in [0.29, 0.717) is 0 Å². The van der Waals surface area contributed by atoms with Crippen molar-refractivity contribution in [3.05, 3.63) is 42.1 Å². The Labute approximate surface area is 102 Å². The SMILES string of the molecule is CC(O)C(C)NCc1cccc2cccnc12. The maximum atomic E-state index is 9.43. The molecule has 3 nitrogen and oxygen atoms in total. The van der Waals surface area contributed by atoms with Gasteiger partial charge in [0.25, 0.3) is 0 Å². The van der Waals surface area contributed by atoms with E-state index >= 15 is 0 Å². The number of nitrogens with zero attached hydrogens (tertiary/aromatic N) is 1. The topological polar surface area (TPSA) is 45.1 Å². The minimum Gasteiger partial charge on any atom is -0.392 e. The molecule has 2 unspecified atom stereocenters. The van der Waals surface area contributed by atoms with Gasteiger partial charge in [-0.2, -0.15) is 0 Å². The summed E-state index contributed by atoms with van der Waals surface area (Å²) >= 11 is 0. The lowest BCUT2D eigenvalue weighted by Gasteiger charge is -2.17. The lowest BCUT2D eigenvalue weighted by atomic mass is 10.1. The standard InChI is InChI=1S/C14H18N2O/c1-10(11(2)17)16-9-13-6-3-5-12-7-4-8-15-14(12)13/h3-8,10-11,16-17H,9H2,1-2H3. The largest absolute Gasteiger partial charge is 0.392 e. The predicted octanol–water partition coefficient (Wildman–Crippen LogP) is 2.09. The molecule has 2 rings (SSSR count). The van der Waals surface area contributed by atoms with Crippen LogP contribution in [0.25, 0.3) is 10.9 Å². The molecule has 2 aromatic rings. The second kappa shape index (κ2) is 5.25. The van der Waals surface area contributed by atoms with Crippen LogP contribution in [0, 0.1) is 0 Å². The number of aliphatic hydroxyl groups is 1. The van der Waals surface area contributed by atoms with Crippen molar-refractivity contribution < 1.29 is 5.11 Å². The van der Waals surface area contributed by atoms with Crippen LogP contribution in [-0.4, -0.2) is 22.2 Å². The fourth-order valence-electron chi connectivity index (χ4n) is 1.75. The second-order valence-electron chi connectivity index (χ2n) is 4.40. The molecule has 90 valence electrons. The summed E-state index contributed by atoms with van der Waals surface area (Å²) in [6.45, 7) is 4.49. The van der Waals surface area contributed by atoms with Crippen molar-refractivity contribution in [2.24, 2.45) is 0 Å². The first-order valence-corrected chi connectivity index (χ1v) is 5.92. The summed E-state index contributed by atoms with van der Waals surface area (Å²) in [6.07, 6.45) is 1.46. The van der Waals surface area contributed by atoms with Crippen LogP contribution < -0.4 is 5.32 Å². The number of benzene rings is 1. The smallest absolute Gasteiger partial charge is 0.0746 e. The van der Waals surface area contributed by atoms with Gasteiger partial charge in [-0.05, 0) is 25.5 Å². The molecule has 0 aliphatic rings. The average molecular weight is 230 g/mol. The van der Waals surface area contributed by atoms with E-state index in [1.807, 2.05) is 25.3 Å². The first-order chi connectivity index (χ1) is 8.18. The van der Waals surface area contributed by atoms with Crippen LogP contribution >= 0.6 is 0 Å². The average Bonchev–Trinajstić information content (AvgIpc) is 2.35. The zero-order valence-corrected chi connectivity index (χ0v) is 10.2. The number of fused-ring (bicyclic) bond motifs is 1. The molecule has 0 saturated carbocycles. The van der Waals surface area contributed by atoms with Gasteiger partial charge in [0.2, 0.25) is 0 Å². The molecule has 0 fully saturated rings. The van der Waals surface area contributed by atoms with Gasteiger partial charge >= 0.3 is 0 Å². The number of nitrogens with one attached hydrogen (secondary N) is 1. The summed E-state index contributed by atoms with van der Waals surface area (Å²) in [5.41, 5.74) is 2.19. The fraction of sp³-hybridized carbons (Fsp3) is 0.357. The number of rotatable bonds is 4. The van der Waals surface area contributed by atoms with Gasteiger partial charge in [-0.25, -0.2) is 0 Å². The molecule has 1 heterocycles. The Balaban J connectivity index is 2.19. The van der Waals surface area contributed by atoms with E-state index in [9.17, 15) is 5.11 Å². The summed E-state index contributed by atoms with van der Waals surface area (Å²) in [7, 11) is 0. The van der Waals surface area contributed by atoms with Crippen LogP contribution in [0.4, 0.5) is 0 Å². The highest BCUT2D eigenvalue weighted by Crippen LogP contribution is 2.15. The van der Waals surface area contributed by atoms with Crippen molar-refractivity contribution in [1.29, 1.82) is 0 Å². The molecule has 1 aromatic carbocycles. The minimum atomic E-state index is -0.349. The van der Waals surface area contributed by atoms with Gasteiger partial charge in [-0.15, -0.1) is 0 Å². The zero-order chi connectivity index (χ0) is 12.3. The first kappa shape index (κ1) is 12.0. The number of aliphatic hydroxyl groups excluding tert-OH is 1. The van der Waals surface area contributed by atoms with Gasteiger partial charge in [0.1, 0.15) is 0 Å². The first-order valence-electron chi connectivity index (χ1n) is 5.92. The molecule has 0 radical (unpaired) electrons. The van der Waals surface area contributed by atoms with Crippen molar-refractivity contribution in [3.8, 4) is 0 Å². The van der Waals surface area contributed by atoms with Crippen molar-refractivity contribution in [2.75, 3.05) is 0 Å². The Morgan fingerprint density at radius 2 is 2.00 bits per heavy atom. The Morgan fingerprint density at radius 3 is 2.76 bits per heavy atom. The normalized spacial score (nSPS) is 14.8. The van der Waals surface area contributed by atoms with Gasteiger partial charge in [0.05, 0.1) is 11.6 Å². The molecule has 0 saturated heterocycles. The van der Waals surface area contributed by atoms with Crippen LogP contribution in [0.2, 0.25) is 0 Å². The van der Waals surface area contributed by atoms with Crippen LogP contribution in [0.1, 0.15) is 19.4 Å². The molecule has 17 heavy (non-hydrogen) atoms. The molecule has 0 amide bonds. The van der Waals surface area contributed by atoms with Crippen molar-refractivity contribution in [1.82, 2.24) is 10.3 Å². The van der Waals surface area contributed by atoms with E-state index in [4.69, 9.17) is 0 Å². The summed E-state index contributed by atoms with van der Waals surface area (Å²) < 4.78 is 0. The fourth-order valence-corrected chi connectivity index (χ4v) is 1.75. The van der Waals surface area contributed by atoms with Gasteiger partial charge in [0, 0.05) is 24.2 Å². The van der Waals surface area contributed by atoms with Gasteiger partial charge < -0.3 is 10.4 Å². The summed E-state index contributed by atoms with van der Waals surface area (Å²) in [5.74, 6) is 0. The summed E-state index contributed by atoms with van der Waals surface area (Å²) in [5, 5.41) is 13.9. The number of hydrogen-bond donors (Lipinski definition) is 2. The Morgan fingerprint density at radius 1 is 1.24 bits per heavy atom. The molecule has 1 aromatic heterocycles. The highest BCUT2D eigenvalue weighted by atomic mass is 16.3. The van der Waals surface area contributed by atoms with E-state index in [1.54, 1.807) is 6.92 Å². The summed E-state index contributed by atoms with van der Waals surface area (Å²) in [4.78, 5) is 4.40. The molecule has 0 bridgehead atoms. The maximum Gasteiger partial charge on any atom is 0.0746 e. The highest BCUT2D eigenvalue weighted by Gasteiger charge is 2.08. The van der Waals surface area contributed by atoms with Crippen LogP contribution in [0.3, 0.4) is 0 Å². The third-order valence-corrected chi connectivity index (χ3v) is 3.05. The van der Waals surface area contributed by atoms with Crippen LogP contribution in [0.15, 0.2) is 36.5 Å². The van der Waals surface area contributed by atoms with Crippen molar-refractivity contribution >= 4 is 10.9 Å². The highest BCUT2D eigenvalue weighted by molar-refractivity contribution is 5.81. The third kappa shape index (κ3) is 2.81. The molecule has 0 aliphatic heterocycles. The van der Waals surface area contributed by atoms with E-state index in [0.717, 1.165) is 23.0 Å².